The van der Waals surface area contributed by atoms with Gasteiger partial charge >= 0.3 is 0 Å². The molecule has 2 aliphatic rings. The van der Waals surface area contributed by atoms with E-state index in [1.54, 1.807) is 0 Å². The number of rotatable bonds is 4. The molecule has 0 radical (unpaired) electrons. The average molecular weight is 224 g/mol. The van der Waals surface area contributed by atoms with Crippen LogP contribution in [0.4, 0.5) is 0 Å². The Bertz CT molecular complexity index is 207. The minimum atomic E-state index is 0.467. The van der Waals surface area contributed by atoms with Crippen molar-refractivity contribution in [2.24, 2.45) is 11.3 Å². The summed E-state index contributed by atoms with van der Waals surface area (Å²) in [5, 5.41) is 0. The largest absolute Gasteiger partial charge is 0.375 e. The van der Waals surface area contributed by atoms with Crippen molar-refractivity contribution in [1.82, 2.24) is 0 Å². The zero-order valence-electron chi connectivity index (χ0n) is 11.3. The van der Waals surface area contributed by atoms with Crippen molar-refractivity contribution in [3.8, 4) is 0 Å². The first-order valence-electron chi connectivity index (χ1n) is 7.33. The Labute approximate surface area is 101 Å². The summed E-state index contributed by atoms with van der Waals surface area (Å²) in [5.41, 5.74) is 0.712. The van der Waals surface area contributed by atoms with E-state index >= 15 is 0 Å². The molecule has 0 saturated heterocycles. The number of hydrogen-bond donors (Lipinski definition) is 0. The van der Waals surface area contributed by atoms with Gasteiger partial charge in [-0.2, -0.15) is 0 Å². The van der Waals surface area contributed by atoms with Crippen LogP contribution in [0, 0.1) is 11.3 Å². The Morgan fingerprint density at radius 1 is 1.19 bits per heavy atom. The highest BCUT2D eigenvalue weighted by atomic mass is 16.5. The zero-order chi connectivity index (χ0) is 11.6. The van der Waals surface area contributed by atoms with Gasteiger partial charge in [-0.25, -0.2) is 0 Å². The van der Waals surface area contributed by atoms with Crippen LogP contribution in [-0.4, -0.2) is 12.2 Å². The van der Waals surface area contributed by atoms with Crippen LogP contribution >= 0.6 is 0 Å². The molecule has 16 heavy (non-hydrogen) atoms. The van der Waals surface area contributed by atoms with Crippen molar-refractivity contribution in [3.05, 3.63) is 0 Å². The summed E-state index contributed by atoms with van der Waals surface area (Å²) in [6, 6.07) is 0. The second kappa shape index (κ2) is 5.08. The smallest absolute Gasteiger partial charge is 0.0589 e. The van der Waals surface area contributed by atoms with Crippen LogP contribution in [0.3, 0.4) is 0 Å². The Morgan fingerprint density at radius 2 is 1.81 bits per heavy atom. The van der Waals surface area contributed by atoms with E-state index in [1.807, 2.05) is 0 Å². The molecule has 1 heteroatoms. The first-order chi connectivity index (χ1) is 7.67. The van der Waals surface area contributed by atoms with Crippen molar-refractivity contribution in [1.29, 1.82) is 0 Å². The van der Waals surface area contributed by atoms with Gasteiger partial charge in [0, 0.05) is 0 Å². The minimum Gasteiger partial charge on any atom is -0.375 e. The van der Waals surface area contributed by atoms with Crippen LogP contribution < -0.4 is 0 Å². The summed E-state index contributed by atoms with van der Waals surface area (Å²) in [6.45, 7) is 6.77. The van der Waals surface area contributed by atoms with Gasteiger partial charge in [0.15, 0.2) is 0 Å². The van der Waals surface area contributed by atoms with E-state index in [9.17, 15) is 0 Å². The van der Waals surface area contributed by atoms with Crippen LogP contribution in [0.5, 0.6) is 0 Å². The molecule has 2 saturated carbocycles. The lowest BCUT2D eigenvalue weighted by molar-refractivity contribution is -0.125. The fourth-order valence-electron chi connectivity index (χ4n) is 3.53. The number of hydrogen-bond acceptors (Lipinski definition) is 1. The van der Waals surface area contributed by atoms with Crippen LogP contribution in [0.2, 0.25) is 0 Å². The molecule has 1 nitrogen and oxygen atoms in total. The maximum absolute atomic E-state index is 6.02. The second-order valence-corrected chi connectivity index (χ2v) is 6.24. The molecule has 94 valence electrons. The summed E-state index contributed by atoms with van der Waals surface area (Å²) in [6.07, 6.45) is 12.2. The quantitative estimate of drug-likeness (QED) is 0.680. The lowest BCUT2D eigenvalue weighted by atomic mass is 9.57. The van der Waals surface area contributed by atoms with Gasteiger partial charge in [0.25, 0.3) is 0 Å². The molecule has 0 aliphatic heterocycles. The predicted octanol–water partition coefficient (Wildman–Crippen LogP) is 4.55. The lowest BCUT2D eigenvalue weighted by Crippen LogP contribution is -2.45. The molecular weight excluding hydrogens is 196 g/mol. The predicted molar refractivity (Wildman–Crippen MR) is 68.5 cm³/mol. The van der Waals surface area contributed by atoms with Crippen LogP contribution in [-0.2, 0) is 4.74 Å². The van der Waals surface area contributed by atoms with Crippen molar-refractivity contribution < 1.29 is 4.74 Å². The van der Waals surface area contributed by atoms with Gasteiger partial charge in [-0.15, -0.1) is 0 Å². The SMILES string of the molecule is CCC1CCC2(CC1)CC(OC(C)CC)C2. The van der Waals surface area contributed by atoms with E-state index in [0.29, 0.717) is 17.6 Å². The first-order valence-corrected chi connectivity index (χ1v) is 7.33. The molecule has 1 atom stereocenters. The van der Waals surface area contributed by atoms with Crippen molar-refractivity contribution >= 4 is 0 Å². The minimum absolute atomic E-state index is 0.467. The number of ether oxygens (including phenoxy) is 1. The summed E-state index contributed by atoms with van der Waals surface area (Å²) < 4.78 is 6.02. The third-order valence-electron chi connectivity index (χ3n) is 5.06. The topological polar surface area (TPSA) is 9.23 Å². The summed E-state index contributed by atoms with van der Waals surface area (Å²) in [7, 11) is 0. The molecule has 2 aliphatic carbocycles. The van der Waals surface area contributed by atoms with E-state index in [0.717, 1.165) is 12.3 Å². The van der Waals surface area contributed by atoms with Gasteiger partial charge < -0.3 is 4.74 Å². The molecule has 2 rings (SSSR count). The Balaban J connectivity index is 1.71. The molecule has 1 unspecified atom stereocenters. The van der Waals surface area contributed by atoms with E-state index in [4.69, 9.17) is 4.74 Å². The van der Waals surface area contributed by atoms with Gasteiger partial charge in [-0.05, 0) is 63.2 Å². The lowest BCUT2D eigenvalue weighted by Gasteiger charge is -2.51. The van der Waals surface area contributed by atoms with E-state index in [2.05, 4.69) is 20.8 Å². The summed E-state index contributed by atoms with van der Waals surface area (Å²) >= 11 is 0. The Hall–Kier alpha value is -0.0400. The summed E-state index contributed by atoms with van der Waals surface area (Å²) in [5.74, 6) is 1.03. The van der Waals surface area contributed by atoms with E-state index in [1.165, 1.54) is 44.9 Å². The standard InChI is InChI=1S/C15H28O/c1-4-12(3)16-14-10-15(11-14)8-6-13(5-2)7-9-15/h12-14H,4-11H2,1-3H3. The Morgan fingerprint density at radius 3 is 2.31 bits per heavy atom. The highest BCUT2D eigenvalue weighted by Gasteiger charge is 2.46. The molecule has 2 fully saturated rings. The van der Waals surface area contributed by atoms with Gasteiger partial charge in [0.2, 0.25) is 0 Å². The maximum Gasteiger partial charge on any atom is 0.0589 e. The molecule has 0 heterocycles. The van der Waals surface area contributed by atoms with E-state index in [-0.39, 0.29) is 0 Å². The highest BCUT2D eigenvalue weighted by molar-refractivity contribution is 4.97. The fourth-order valence-corrected chi connectivity index (χ4v) is 3.53. The molecule has 0 N–H and O–H groups in total. The highest BCUT2D eigenvalue weighted by Crippen LogP contribution is 2.54. The maximum atomic E-state index is 6.02. The monoisotopic (exact) mass is 224 g/mol. The second-order valence-electron chi connectivity index (χ2n) is 6.24. The van der Waals surface area contributed by atoms with Gasteiger partial charge in [-0.1, -0.05) is 20.3 Å². The van der Waals surface area contributed by atoms with Crippen molar-refractivity contribution in [2.45, 2.75) is 84.3 Å². The van der Waals surface area contributed by atoms with Gasteiger partial charge in [0.1, 0.15) is 0 Å². The van der Waals surface area contributed by atoms with Crippen LogP contribution in [0.15, 0.2) is 0 Å². The molecule has 0 aromatic carbocycles. The van der Waals surface area contributed by atoms with Gasteiger partial charge in [-0.3, -0.25) is 0 Å². The normalized spacial score (nSPS) is 40.7. The third kappa shape index (κ3) is 2.61. The molecule has 0 aromatic heterocycles. The molecule has 1 spiro atoms. The van der Waals surface area contributed by atoms with Crippen molar-refractivity contribution in [3.63, 3.8) is 0 Å². The average Bonchev–Trinajstić information content (AvgIpc) is 2.27. The Kier molecular flexibility index (Phi) is 3.94. The fraction of sp³-hybridized carbons (Fsp3) is 1.00. The third-order valence-corrected chi connectivity index (χ3v) is 5.06. The zero-order valence-corrected chi connectivity index (χ0v) is 11.3. The molecule has 0 bridgehead atoms. The summed E-state index contributed by atoms with van der Waals surface area (Å²) in [4.78, 5) is 0. The molecule has 0 amide bonds. The van der Waals surface area contributed by atoms with Crippen LogP contribution in [0.1, 0.15) is 72.1 Å². The van der Waals surface area contributed by atoms with Crippen LogP contribution in [0.25, 0.3) is 0 Å². The van der Waals surface area contributed by atoms with E-state index < -0.39 is 0 Å². The van der Waals surface area contributed by atoms with Crippen molar-refractivity contribution in [2.75, 3.05) is 0 Å². The molecule has 0 aromatic rings. The first kappa shape index (κ1) is 12.4. The molecular formula is C15H28O. The van der Waals surface area contributed by atoms with Gasteiger partial charge in [0.05, 0.1) is 12.2 Å².